The van der Waals surface area contributed by atoms with E-state index in [9.17, 15) is 38.4 Å². The summed E-state index contributed by atoms with van der Waals surface area (Å²) in [6, 6.07) is 1.42. The van der Waals surface area contributed by atoms with Gasteiger partial charge in [-0.15, -0.1) is 0 Å². The highest BCUT2D eigenvalue weighted by molar-refractivity contribution is 5.96. The van der Waals surface area contributed by atoms with Crippen molar-refractivity contribution < 1.29 is 0 Å². The number of nitrogens with zero attached hydrogens (tertiary/aromatic N) is 2. The summed E-state index contributed by atoms with van der Waals surface area (Å²) >= 11 is 0. The molecule has 2 aliphatic carbocycles. The van der Waals surface area contributed by atoms with Crippen LogP contribution in [0.25, 0.3) is 33.2 Å². The Kier molecular flexibility index (Phi) is 2.81. The molecule has 10 nitrogen and oxygen atoms in total. The number of fused-ring (bicyclic) bond motifs is 4. The Morgan fingerprint density at radius 2 is 0.808 bits per heavy atom. The van der Waals surface area contributed by atoms with Crippen molar-refractivity contribution in [2.24, 2.45) is 0 Å². The van der Waals surface area contributed by atoms with Crippen molar-refractivity contribution in [2.75, 3.05) is 0 Å². The zero-order valence-electron chi connectivity index (χ0n) is 12.3. The molecule has 124 valence electrons. The smallest absolute Gasteiger partial charge is 0.279 e. The first kappa shape index (κ1) is 15.4. The fourth-order valence-electron chi connectivity index (χ4n) is 2.69. The quantitative estimate of drug-likeness (QED) is 0.177. The van der Waals surface area contributed by atoms with E-state index in [1.54, 1.807) is 0 Å². The average Bonchev–Trinajstić information content (AvgIpc) is 2.63. The lowest BCUT2D eigenvalue weighted by molar-refractivity contribution is 1.28. The van der Waals surface area contributed by atoms with Gasteiger partial charge >= 0.3 is 0 Å². The largest absolute Gasteiger partial charge is 0.286 e. The SMILES string of the molecule is O=c1cc2c(=O)c(=O)c3nc4c(=O)c(=O)c(=O)c(=O)c4nc3c-2cc1=O. The monoisotopic (exact) mass is 350 g/mol. The molecule has 0 bridgehead atoms. The van der Waals surface area contributed by atoms with E-state index in [4.69, 9.17) is 0 Å². The summed E-state index contributed by atoms with van der Waals surface area (Å²) in [7, 11) is 0. The summed E-state index contributed by atoms with van der Waals surface area (Å²) in [6.45, 7) is 0. The molecule has 0 aliphatic heterocycles. The van der Waals surface area contributed by atoms with Crippen molar-refractivity contribution in [3.05, 3.63) is 93.9 Å². The van der Waals surface area contributed by atoms with Crippen LogP contribution in [-0.2, 0) is 0 Å². The molecule has 0 unspecified atom stereocenters. The summed E-state index contributed by atoms with van der Waals surface area (Å²) in [5.41, 5.74) is -13.7. The van der Waals surface area contributed by atoms with E-state index >= 15 is 0 Å². The maximum atomic E-state index is 12.2. The van der Waals surface area contributed by atoms with Gasteiger partial charge in [0, 0.05) is 17.2 Å². The predicted octanol–water partition coefficient (Wildman–Crippen LogP) is -3.48. The fourth-order valence-corrected chi connectivity index (χ4v) is 2.69. The molecule has 0 radical (unpaired) electrons. The van der Waals surface area contributed by atoms with Crippen LogP contribution in [0.5, 0.6) is 0 Å². The average molecular weight is 350 g/mol. The maximum Gasteiger partial charge on any atom is 0.279 e. The van der Waals surface area contributed by atoms with Gasteiger partial charge in [-0.2, -0.15) is 0 Å². The third-order valence-electron chi connectivity index (χ3n) is 3.95. The second-order valence-corrected chi connectivity index (χ2v) is 5.44. The van der Waals surface area contributed by atoms with Crippen LogP contribution in [0, 0.1) is 0 Å². The molecule has 1 aromatic heterocycles. The molecular formula is C16H2N2O8. The lowest BCUT2D eigenvalue weighted by atomic mass is 10.00. The van der Waals surface area contributed by atoms with Gasteiger partial charge in [0.1, 0.15) is 22.1 Å². The highest BCUT2D eigenvalue weighted by Gasteiger charge is 2.23. The van der Waals surface area contributed by atoms with Crippen LogP contribution >= 0.6 is 0 Å². The van der Waals surface area contributed by atoms with Crippen LogP contribution in [0.1, 0.15) is 0 Å². The molecule has 1 heterocycles. The molecule has 0 spiro atoms. The Balaban J connectivity index is 2.49. The third-order valence-corrected chi connectivity index (χ3v) is 3.95. The molecule has 26 heavy (non-hydrogen) atoms. The van der Waals surface area contributed by atoms with Gasteiger partial charge < -0.3 is 0 Å². The maximum absolute atomic E-state index is 12.2. The van der Waals surface area contributed by atoms with E-state index in [-0.39, 0.29) is 5.56 Å². The lowest BCUT2D eigenvalue weighted by Crippen LogP contribution is -2.47. The Labute approximate surface area is 138 Å². The Morgan fingerprint density at radius 1 is 0.423 bits per heavy atom. The number of hydrogen-bond acceptors (Lipinski definition) is 10. The van der Waals surface area contributed by atoms with E-state index in [1.807, 2.05) is 0 Å². The van der Waals surface area contributed by atoms with Crippen LogP contribution in [0.15, 0.2) is 50.5 Å². The van der Waals surface area contributed by atoms with E-state index in [0.29, 0.717) is 6.07 Å². The molecule has 2 aromatic rings. The van der Waals surface area contributed by atoms with Crippen molar-refractivity contribution in [3.63, 3.8) is 0 Å². The van der Waals surface area contributed by atoms with Crippen LogP contribution in [-0.4, -0.2) is 9.97 Å². The van der Waals surface area contributed by atoms with Crippen molar-refractivity contribution in [1.29, 1.82) is 0 Å². The molecule has 10 heteroatoms. The van der Waals surface area contributed by atoms with Crippen LogP contribution in [0.4, 0.5) is 0 Å². The second-order valence-electron chi connectivity index (χ2n) is 5.44. The van der Waals surface area contributed by atoms with Crippen molar-refractivity contribution >= 4 is 22.1 Å². The Morgan fingerprint density at radius 3 is 1.35 bits per heavy atom. The number of rotatable bonds is 0. The zero-order valence-corrected chi connectivity index (χ0v) is 12.3. The third kappa shape index (κ3) is 1.75. The van der Waals surface area contributed by atoms with Crippen molar-refractivity contribution in [2.45, 2.75) is 0 Å². The van der Waals surface area contributed by atoms with Gasteiger partial charge in [-0.25, -0.2) is 9.97 Å². The summed E-state index contributed by atoms with van der Waals surface area (Å²) < 4.78 is 0. The molecular weight excluding hydrogens is 348 g/mol. The molecule has 0 saturated carbocycles. The minimum atomic E-state index is -1.62. The normalized spacial score (nSPS) is 11.5. The first-order chi connectivity index (χ1) is 12.2. The zero-order chi connectivity index (χ0) is 18.9. The summed E-state index contributed by atoms with van der Waals surface area (Å²) in [6.07, 6.45) is 0. The molecule has 0 saturated heterocycles. The predicted molar refractivity (Wildman–Crippen MR) is 88.6 cm³/mol. The molecule has 4 rings (SSSR count). The second kappa shape index (κ2) is 4.72. The van der Waals surface area contributed by atoms with Gasteiger partial charge in [-0.05, 0) is 6.07 Å². The lowest BCUT2D eigenvalue weighted by Gasteiger charge is -2.06. The fraction of sp³-hybridized carbons (Fsp3) is 0. The number of benzene rings is 3. The highest BCUT2D eigenvalue weighted by atomic mass is 16.2. The summed E-state index contributed by atoms with van der Waals surface area (Å²) in [4.78, 5) is 102. The summed E-state index contributed by atoms with van der Waals surface area (Å²) in [5.74, 6) is 0. The van der Waals surface area contributed by atoms with Gasteiger partial charge in [-0.3, -0.25) is 38.4 Å². The van der Waals surface area contributed by atoms with Gasteiger partial charge in [-0.1, -0.05) is 0 Å². The first-order valence-electron chi connectivity index (χ1n) is 6.93. The van der Waals surface area contributed by atoms with Crippen LogP contribution in [0.3, 0.4) is 0 Å². The standard InChI is InChI=1S/C16H2N2O8/c19-5-1-3-4(2-6(5)20)11(21)12(22)8-7(3)17-9-10(18-8)14(24)16(26)15(25)13(9)23/h1-2H. The molecule has 2 aliphatic rings. The molecule has 0 amide bonds. The highest BCUT2D eigenvalue weighted by Crippen LogP contribution is 2.21. The first-order valence-corrected chi connectivity index (χ1v) is 6.93. The molecule has 0 fully saturated rings. The van der Waals surface area contributed by atoms with Crippen molar-refractivity contribution in [1.82, 2.24) is 9.97 Å². The van der Waals surface area contributed by atoms with E-state index in [1.165, 1.54) is 0 Å². The minimum Gasteiger partial charge on any atom is -0.286 e. The minimum absolute atomic E-state index is 0.228. The van der Waals surface area contributed by atoms with Crippen molar-refractivity contribution in [3.8, 4) is 11.1 Å². The number of aromatic nitrogens is 2. The van der Waals surface area contributed by atoms with Crippen LogP contribution < -0.4 is 43.4 Å². The van der Waals surface area contributed by atoms with Gasteiger partial charge in [0.25, 0.3) is 27.1 Å². The van der Waals surface area contributed by atoms with E-state index in [2.05, 4.69) is 9.97 Å². The van der Waals surface area contributed by atoms with Gasteiger partial charge in [0.2, 0.25) is 16.3 Å². The van der Waals surface area contributed by atoms with E-state index < -0.39 is 71.1 Å². The van der Waals surface area contributed by atoms with Crippen LogP contribution in [0.2, 0.25) is 0 Å². The topological polar surface area (TPSA) is 162 Å². The molecule has 0 atom stereocenters. The van der Waals surface area contributed by atoms with Gasteiger partial charge in [0.15, 0.2) is 0 Å². The Bertz CT molecular complexity index is 1690. The Hall–Kier alpha value is -4.08. The van der Waals surface area contributed by atoms with E-state index in [0.717, 1.165) is 6.07 Å². The van der Waals surface area contributed by atoms with Gasteiger partial charge in [0.05, 0.1) is 0 Å². The molecule has 0 N–H and O–H groups in total. The molecule has 1 aromatic carbocycles. The number of hydrogen-bond donors (Lipinski definition) is 0. The summed E-state index contributed by atoms with van der Waals surface area (Å²) in [5, 5.41) is 0.